The number of anilines is 2. The van der Waals surface area contributed by atoms with Gasteiger partial charge in [0, 0.05) is 35.2 Å². The zero-order valence-electron chi connectivity index (χ0n) is 19.9. The molecule has 0 saturated carbocycles. The number of alkyl carbamates (subject to hydrolysis) is 1. The fourth-order valence-electron chi connectivity index (χ4n) is 3.19. The maximum atomic E-state index is 11.7. The van der Waals surface area contributed by atoms with Crippen molar-refractivity contribution in [1.82, 2.24) is 25.1 Å². The monoisotopic (exact) mass is 487 g/mol. The van der Waals surface area contributed by atoms with Crippen LogP contribution in [0.15, 0.2) is 42.7 Å². The lowest BCUT2D eigenvalue weighted by Crippen LogP contribution is -2.49. The zero-order valence-corrected chi connectivity index (χ0v) is 20.8. The molecule has 3 N–H and O–H groups in total. The molecule has 12 heteroatoms. The fourth-order valence-corrected chi connectivity index (χ4v) is 3.74. The van der Waals surface area contributed by atoms with Gasteiger partial charge in [0.2, 0.25) is 16.0 Å². The Bertz CT molecular complexity index is 1290. The number of nitrogens with one attached hydrogen (secondary N) is 3. The number of methoxy groups -OCH3 is 1. The highest BCUT2D eigenvalue weighted by Gasteiger charge is 2.23. The van der Waals surface area contributed by atoms with E-state index in [1.165, 1.54) is 7.11 Å². The molecule has 0 aliphatic rings. The van der Waals surface area contributed by atoms with E-state index in [1.54, 1.807) is 44.3 Å². The number of hydrogen-bond donors (Lipinski definition) is 3. The Hall–Kier alpha value is -3.67. The first-order valence-corrected chi connectivity index (χ1v) is 12.4. The second-order valence-corrected chi connectivity index (χ2v) is 10.3. The number of sulfonamides is 1. The molecule has 0 atom stereocenters. The Morgan fingerprint density at radius 1 is 1.21 bits per heavy atom. The lowest BCUT2D eigenvalue weighted by molar-refractivity contribution is 0.162. The van der Waals surface area contributed by atoms with E-state index in [1.807, 2.05) is 30.8 Å². The van der Waals surface area contributed by atoms with E-state index in [2.05, 4.69) is 30.1 Å². The molecule has 0 radical (unpaired) electrons. The summed E-state index contributed by atoms with van der Waals surface area (Å²) in [6, 6.07) is 8.86. The van der Waals surface area contributed by atoms with Crippen LogP contribution in [0.3, 0.4) is 0 Å². The Morgan fingerprint density at radius 3 is 2.59 bits per heavy atom. The Balaban J connectivity index is 2.02. The van der Waals surface area contributed by atoms with E-state index >= 15 is 0 Å². The van der Waals surface area contributed by atoms with E-state index in [-0.39, 0.29) is 6.04 Å². The first-order valence-electron chi connectivity index (χ1n) is 10.5. The summed E-state index contributed by atoms with van der Waals surface area (Å²) < 4.78 is 32.3. The number of benzene rings is 1. The number of amides is 1. The third kappa shape index (κ3) is 6.44. The number of aromatic nitrogens is 4. The standard InChI is InChI=1S/C22H29N7O4S/c1-14(2)29-13-17(19(27-29)15-8-7-9-16(12-15)28-34(6,31)32)18-10-11-23-20(24-18)25-22(3,4)26-21(30)33-5/h7-14,28H,1-6H3,(H,26,30)(H,23,24,25). The van der Waals surface area contributed by atoms with Crippen molar-refractivity contribution in [3.63, 3.8) is 0 Å². The highest BCUT2D eigenvalue weighted by atomic mass is 32.2. The summed E-state index contributed by atoms with van der Waals surface area (Å²) >= 11 is 0. The van der Waals surface area contributed by atoms with Gasteiger partial charge in [0.25, 0.3) is 0 Å². The molecule has 0 aliphatic heterocycles. The van der Waals surface area contributed by atoms with Gasteiger partial charge in [0.15, 0.2) is 0 Å². The number of ether oxygens (including phenoxy) is 1. The molecule has 0 fully saturated rings. The molecule has 0 saturated heterocycles. The van der Waals surface area contributed by atoms with E-state index < -0.39 is 21.8 Å². The predicted molar refractivity (Wildman–Crippen MR) is 131 cm³/mol. The first kappa shape index (κ1) is 25.0. The minimum absolute atomic E-state index is 0.0902. The van der Waals surface area contributed by atoms with Crippen LogP contribution >= 0.6 is 0 Å². The smallest absolute Gasteiger partial charge is 0.408 e. The van der Waals surface area contributed by atoms with E-state index in [4.69, 9.17) is 5.10 Å². The van der Waals surface area contributed by atoms with Crippen molar-refractivity contribution in [2.45, 2.75) is 39.4 Å². The van der Waals surface area contributed by atoms with E-state index in [0.717, 1.165) is 17.4 Å². The fraction of sp³-hybridized carbons (Fsp3) is 0.364. The largest absolute Gasteiger partial charge is 0.453 e. The second-order valence-electron chi connectivity index (χ2n) is 8.55. The molecule has 2 heterocycles. The van der Waals surface area contributed by atoms with Crippen molar-refractivity contribution in [2.24, 2.45) is 0 Å². The van der Waals surface area contributed by atoms with Crippen molar-refractivity contribution in [2.75, 3.05) is 23.4 Å². The van der Waals surface area contributed by atoms with Gasteiger partial charge in [0.1, 0.15) is 11.4 Å². The van der Waals surface area contributed by atoms with Gasteiger partial charge in [-0.05, 0) is 45.9 Å². The molecule has 0 unspecified atom stereocenters. The normalized spacial score (nSPS) is 11.9. The molecule has 3 aromatic rings. The molecule has 34 heavy (non-hydrogen) atoms. The van der Waals surface area contributed by atoms with Crippen molar-refractivity contribution in [3.8, 4) is 22.5 Å². The second kappa shape index (κ2) is 9.67. The molecule has 2 aromatic heterocycles. The molecular weight excluding hydrogens is 458 g/mol. The third-order valence-corrected chi connectivity index (χ3v) is 5.26. The number of hydrogen-bond acceptors (Lipinski definition) is 8. The molecule has 1 aromatic carbocycles. The predicted octanol–water partition coefficient (Wildman–Crippen LogP) is 3.46. The Labute approximate surface area is 199 Å². The van der Waals surface area contributed by atoms with Crippen LogP contribution in [-0.2, 0) is 14.8 Å². The first-order chi connectivity index (χ1) is 15.9. The van der Waals surface area contributed by atoms with E-state index in [9.17, 15) is 13.2 Å². The van der Waals surface area contributed by atoms with Crippen LogP contribution in [0, 0.1) is 0 Å². The van der Waals surface area contributed by atoms with Crippen molar-refractivity contribution >= 4 is 27.8 Å². The van der Waals surface area contributed by atoms with Crippen LogP contribution in [0.5, 0.6) is 0 Å². The van der Waals surface area contributed by atoms with Gasteiger partial charge in [-0.3, -0.25) is 14.7 Å². The molecular formula is C22H29N7O4S. The van der Waals surface area contributed by atoms with Crippen LogP contribution in [-0.4, -0.2) is 53.3 Å². The summed E-state index contributed by atoms with van der Waals surface area (Å²) in [5.41, 5.74) is 2.28. The van der Waals surface area contributed by atoms with Crippen LogP contribution < -0.4 is 15.4 Å². The minimum atomic E-state index is -3.42. The number of rotatable bonds is 8. The number of nitrogens with zero attached hydrogens (tertiary/aromatic N) is 4. The van der Waals surface area contributed by atoms with Crippen LogP contribution in [0.25, 0.3) is 22.5 Å². The lowest BCUT2D eigenvalue weighted by Gasteiger charge is -2.26. The number of carbonyl (C=O) groups is 1. The summed E-state index contributed by atoms with van der Waals surface area (Å²) in [6.07, 6.45) is 4.01. The molecule has 182 valence electrons. The molecule has 0 spiro atoms. The minimum Gasteiger partial charge on any atom is -0.453 e. The topological polar surface area (TPSA) is 140 Å². The van der Waals surface area contributed by atoms with Gasteiger partial charge in [-0.1, -0.05) is 12.1 Å². The van der Waals surface area contributed by atoms with Crippen LogP contribution in [0.4, 0.5) is 16.4 Å². The van der Waals surface area contributed by atoms with Gasteiger partial charge in [0.05, 0.1) is 19.1 Å². The van der Waals surface area contributed by atoms with Gasteiger partial charge in [-0.2, -0.15) is 5.10 Å². The van der Waals surface area contributed by atoms with Gasteiger partial charge >= 0.3 is 6.09 Å². The summed E-state index contributed by atoms with van der Waals surface area (Å²) in [4.78, 5) is 20.5. The summed E-state index contributed by atoms with van der Waals surface area (Å²) in [5.74, 6) is 0.301. The highest BCUT2D eigenvalue weighted by molar-refractivity contribution is 7.92. The third-order valence-electron chi connectivity index (χ3n) is 4.66. The van der Waals surface area contributed by atoms with Gasteiger partial charge in [-0.15, -0.1) is 0 Å². The van der Waals surface area contributed by atoms with E-state index in [0.29, 0.717) is 23.0 Å². The van der Waals surface area contributed by atoms with Crippen LogP contribution in [0.1, 0.15) is 33.7 Å². The summed E-state index contributed by atoms with van der Waals surface area (Å²) in [7, 11) is -2.14. The van der Waals surface area contributed by atoms with Gasteiger partial charge < -0.3 is 10.1 Å². The molecule has 11 nitrogen and oxygen atoms in total. The van der Waals surface area contributed by atoms with Crippen molar-refractivity contribution in [1.29, 1.82) is 0 Å². The molecule has 0 bridgehead atoms. The Kier molecular flexibility index (Phi) is 7.10. The summed E-state index contributed by atoms with van der Waals surface area (Å²) in [6.45, 7) is 7.53. The molecule has 3 rings (SSSR count). The number of carbonyl (C=O) groups excluding carboxylic acids is 1. The van der Waals surface area contributed by atoms with Crippen molar-refractivity contribution in [3.05, 3.63) is 42.7 Å². The van der Waals surface area contributed by atoms with Gasteiger partial charge in [-0.25, -0.2) is 23.2 Å². The zero-order chi connectivity index (χ0) is 25.1. The maximum absolute atomic E-state index is 11.7. The maximum Gasteiger partial charge on any atom is 0.408 e. The van der Waals surface area contributed by atoms with Crippen LogP contribution in [0.2, 0.25) is 0 Å². The average Bonchev–Trinajstić information content (AvgIpc) is 3.18. The average molecular weight is 488 g/mol. The highest BCUT2D eigenvalue weighted by Crippen LogP contribution is 2.32. The summed E-state index contributed by atoms with van der Waals surface area (Å²) in [5, 5.41) is 10.5. The quantitative estimate of drug-likeness (QED) is 0.410. The molecule has 0 aliphatic carbocycles. The molecule has 1 amide bonds. The van der Waals surface area contributed by atoms with Crippen molar-refractivity contribution < 1.29 is 17.9 Å². The lowest BCUT2D eigenvalue weighted by atomic mass is 10.1. The Morgan fingerprint density at radius 2 is 1.94 bits per heavy atom. The SMILES string of the molecule is COC(=O)NC(C)(C)Nc1nccc(-c2cn(C(C)C)nc2-c2cccc(NS(C)(=O)=O)c2)n1.